The molecular weight excluding hydrogens is 556 g/mol. The fraction of sp³-hybridized carbons (Fsp3) is 0.444. The number of ether oxygens (including phenoxy) is 3. The highest BCUT2D eigenvalue weighted by Crippen LogP contribution is 2.18. The van der Waals surface area contributed by atoms with Gasteiger partial charge in [-0.2, -0.15) is 8.42 Å². The van der Waals surface area contributed by atoms with E-state index in [1.807, 2.05) is 6.92 Å². The maximum Gasteiger partial charge on any atom is 0.328 e. The van der Waals surface area contributed by atoms with Crippen molar-refractivity contribution in [2.75, 3.05) is 20.3 Å². The molecule has 0 aliphatic carbocycles. The van der Waals surface area contributed by atoms with Gasteiger partial charge >= 0.3 is 11.9 Å². The molecule has 1 amide bonds. The minimum Gasteiger partial charge on any atom is -0.484 e. The third-order valence-corrected chi connectivity index (χ3v) is 7.03. The average molecular weight is 591 g/mol. The summed E-state index contributed by atoms with van der Waals surface area (Å²) in [5, 5.41) is 6.08. The Morgan fingerprint density at radius 3 is 2.20 bits per heavy atom. The summed E-state index contributed by atoms with van der Waals surface area (Å²) in [6, 6.07) is 10.5. The molecule has 14 heteroatoms. The molecular formula is C27H34N4O9S. The molecule has 0 saturated heterocycles. The van der Waals surface area contributed by atoms with E-state index >= 15 is 0 Å². The van der Waals surface area contributed by atoms with Crippen molar-refractivity contribution < 1.29 is 41.2 Å². The predicted octanol–water partition coefficient (Wildman–Crippen LogP) is 3.25. The van der Waals surface area contributed by atoms with Crippen molar-refractivity contribution in [2.45, 2.75) is 57.2 Å². The monoisotopic (exact) mass is 590 g/mol. The van der Waals surface area contributed by atoms with Crippen LogP contribution in [-0.4, -0.2) is 64.8 Å². The van der Waals surface area contributed by atoms with Gasteiger partial charge in [-0.1, -0.05) is 48.8 Å². The number of nitrogens with zero attached hydrogens (tertiary/aromatic N) is 3. The van der Waals surface area contributed by atoms with Crippen LogP contribution in [0.4, 0.5) is 0 Å². The first-order valence-corrected chi connectivity index (χ1v) is 14.0. The van der Waals surface area contributed by atoms with Crippen molar-refractivity contribution in [3.63, 3.8) is 0 Å². The molecule has 2 rings (SSSR count). The molecule has 0 bridgehead atoms. The molecule has 0 fully saturated rings. The van der Waals surface area contributed by atoms with Gasteiger partial charge in [0.25, 0.3) is 10.1 Å². The highest BCUT2D eigenvalue weighted by Gasteiger charge is 2.28. The van der Waals surface area contributed by atoms with Crippen LogP contribution in [0.5, 0.6) is 5.75 Å². The number of hydrogen-bond donors (Lipinski definition) is 1. The molecule has 0 radical (unpaired) electrons. The minimum absolute atomic E-state index is 0.0231. The first kappa shape index (κ1) is 33.1. The van der Waals surface area contributed by atoms with E-state index in [-0.39, 0.29) is 23.8 Å². The smallest absolute Gasteiger partial charge is 0.328 e. The minimum atomic E-state index is -4.08. The van der Waals surface area contributed by atoms with Crippen LogP contribution in [-0.2, 0) is 44.6 Å². The molecule has 13 nitrogen and oxygen atoms in total. The number of amides is 1. The molecule has 0 aliphatic heterocycles. The third-order valence-electron chi connectivity index (χ3n) is 5.74. The second kappa shape index (κ2) is 15.6. The number of methoxy groups -OCH3 is 1. The summed E-state index contributed by atoms with van der Waals surface area (Å²) in [4.78, 5) is 39.0. The van der Waals surface area contributed by atoms with E-state index in [0.29, 0.717) is 11.3 Å². The molecule has 2 aromatic carbocycles. The van der Waals surface area contributed by atoms with Gasteiger partial charge in [-0.3, -0.25) is 13.8 Å². The number of esters is 2. The first-order valence-electron chi connectivity index (χ1n) is 12.6. The van der Waals surface area contributed by atoms with Crippen molar-refractivity contribution in [1.82, 2.24) is 5.32 Å². The van der Waals surface area contributed by atoms with E-state index in [4.69, 9.17) is 23.9 Å². The number of hydrogen-bond acceptors (Lipinski definition) is 10. The standard InChI is InChI=1S/C27H34N4O9S/c1-17(2)25(30-31-28)26(33)29-24(27(34)37-5)14-20-8-10-21(11-9-20)40-22(15-38-19(4)32)16-39-41(35,36)23-12-6-18(3)7-13-23/h6-13,17,22,24-25H,14-16H2,1-5H3,(H,29,33)/t22?,24-,25-/m0/s1. The number of rotatable bonds is 15. The molecule has 2 aromatic rings. The Morgan fingerprint density at radius 2 is 1.66 bits per heavy atom. The zero-order chi connectivity index (χ0) is 30.6. The summed E-state index contributed by atoms with van der Waals surface area (Å²) in [7, 11) is -2.89. The largest absolute Gasteiger partial charge is 0.484 e. The lowest BCUT2D eigenvalue weighted by Gasteiger charge is -2.21. The van der Waals surface area contributed by atoms with E-state index in [0.717, 1.165) is 5.56 Å². The lowest BCUT2D eigenvalue weighted by molar-refractivity contribution is -0.145. The second-order valence-corrected chi connectivity index (χ2v) is 11.0. The van der Waals surface area contributed by atoms with Crippen LogP contribution in [0.25, 0.3) is 10.4 Å². The Balaban J connectivity index is 2.12. The highest BCUT2D eigenvalue weighted by atomic mass is 32.2. The van der Waals surface area contributed by atoms with Gasteiger partial charge in [-0.15, -0.1) is 0 Å². The zero-order valence-electron chi connectivity index (χ0n) is 23.5. The Morgan fingerprint density at radius 1 is 1.02 bits per heavy atom. The summed E-state index contributed by atoms with van der Waals surface area (Å²) >= 11 is 0. The Labute approximate surface area is 238 Å². The average Bonchev–Trinajstić information content (AvgIpc) is 2.93. The fourth-order valence-corrected chi connectivity index (χ4v) is 4.47. The van der Waals surface area contributed by atoms with Crippen molar-refractivity contribution in [2.24, 2.45) is 11.0 Å². The van der Waals surface area contributed by atoms with Gasteiger partial charge in [0.05, 0.1) is 12.0 Å². The number of nitrogens with one attached hydrogen (secondary N) is 1. The Kier molecular flexibility index (Phi) is 12.6. The van der Waals surface area contributed by atoms with Crippen molar-refractivity contribution in [3.8, 4) is 5.75 Å². The Hall–Kier alpha value is -4.13. The summed E-state index contributed by atoms with van der Waals surface area (Å²) in [6.45, 7) is 5.77. The van der Waals surface area contributed by atoms with E-state index in [1.54, 1.807) is 50.2 Å². The number of carbonyl (C=O) groups excluding carboxylic acids is 3. The predicted molar refractivity (Wildman–Crippen MR) is 147 cm³/mol. The molecule has 1 unspecified atom stereocenters. The topological polar surface area (TPSA) is 183 Å². The molecule has 0 aliphatic rings. The summed E-state index contributed by atoms with van der Waals surface area (Å²) in [6.07, 6.45) is -0.894. The van der Waals surface area contributed by atoms with E-state index in [2.05, 4.69) is 15.3 Å². The molecule has 3 atom stereocenters. The quantitative estimate of drug-likeness (QED) is 0.107. The van der Waals surface area contributed by atoms with Crippen LogP contribution in [0, 0.1) is 12.8 Å². The zero-order valence-corrected chi connectivity index (χ0v) is 24.3. The summed E-state index contributed by atoms with van der Waals surface area (Å²) in [5.41, 5.74) is 10.3. The van der Waals surface area contributed by atoms with Crippen molar-refractivity contribution >= 4 is 28.0 Å². The van der Waals surface area contributed by atoms with Gasteiger partial charge in [0, 0.05) is 18.3 Å². The van der Waals surface area contributed by atoms with E-state index in [9.17, 15) is 22.8 Å². The number of carbonyl (C=O) groups is 3. The number of benzene rings is 2. The van der Waals surface area contributed by atoms with Crippen molar-refractivity contribution in [3.05, 3.63) is 70.1 Å². The van der Waals surface area contributed by atoms with Gasteiger partial charge in [0.1, 0.15) is 31.0 Å². The molecule has 222 valence electrons. The highest BCUT2D eigenvalue weighted by molar-refractivity contribution is 7.86. The maximum atomic E-state index is 12.6. The fourth-order valence-electron chi connectivity index (χ4n) is 3.53. The van der Waals surface area contributed by atoms with Crippen LogP contribution >= 0.6 is 0 Å². The normalized spacial score (nSPS) is 13.3. The van der Waals surface area contributed by atoms with Gasteiger partial charge in [0.2, 0.25) is 5.91 Å². The molecule has 0 aromatic heterocycles. The molecule has 0 saturated carbocycles. The van der Waals surface area contributed by atoms with Crippen LogP contribution < -0.4 is 10.1 Å². The van der Waals surface area contributed by atoms with Crippen LogP contribution in [0.15, 0.2) is 58.5 Å². The van der Waals surface area contributed by atoms with Crippen LogP contribution in [0.2, 0.25) is 0 Å². The third kappa shape index (κ3) is 10.7. The van der Waals surface area contributed by atoms with E-state index < -0.39 is 52.8 Å². The molecule has 0 spiro atoms. The van der Waals surface area contributed by atoms with E-state index in [1.165, 1.54) is 26.2 Å². The summed E-state index contributed by atoms with van der Waals surface area (Å²) < 4.78 is 46.0. The molecule has 41 heavy (non-hydrogen) atoms. The number of aryl methyl sites for hydroxylation is 1. The van der Waals surface area contributed by atoms with Crippen LogP contribution in [0.1, 0.15) is 31.9 Å². The van der Waals surface area contributed by atoms with Gasteiger partial charge in [-0.05, 0) is 48.2 Å². The van der Waals surface area contributed by atoms with Gasteiger partial charge < -0.3 is 19.5 Å². The van der Waals surface area contributed by atoms with Gasteiger partial charge in [-0.25, -0.2) is 4.79 Å². The SMILES string of the molecule is COC(=O)[C@H](Cc1ccc(OC(COC(C)=O)COS(=O)(=O)c2ccc(C)cc2)cc1)NC(=O)[C@@H](N=[N+]=[N-])C(C)C. The lowest BCUT2D eigenvalue weighted by atomic mass is 10.0. The number of azide groups is 1. The summed E-state index contributed by atoms with van der Waals surface area (Å²) in [5.74, 6) is -1.86. The Bertz CT molecular complexity index is 1340. The maximum absolute atomic E-state index is 12.6. The van der Waals surface area contributed by atoms with Gasteiger partial charge in [0.15, 0.2) is 6.10 Å². The first-order chi connectivity index (χ1) is 19.4. The van der Waals surface area contributed by atoms with Crippen molar-refractivity contribution in [1.29, 1.82) is 0 Å². The molecule has 0 heterocycles. The molecule has 1 N–H and O–H groups in total. The van der Waals surface area contributed by atoms with Crippen LogP contribution in [0.3, 0.4) is 0 Å². The lowest BCUT2D eigenvalue weighted by Crippen LogP contribution is -2.47. The second-order valence-electron chi connectivity index (χ2n) is 9.42.